The number of hydrogen-bond acceptors (Lipinski definition) is 3. The van der Waals surface area contributed by atoms with E-state index >= 15 is 0 Å². The van der Waals surface area contributed by atoms with E-state index in [-0.39, 0.29) is 17.4 Å². The van der Waals surface area contributed by atoms with Crippen LogP contribution in [-0.2, 0) is 9.53 Å². The predicted molar refractivity (Wildman–Crippen MR) is 78.1 cm³/mol. The Labute approximate surface area is 121 Å². The van der Waals surface area contributed by atoms with E-state index in [0.29, 0.717) is 25.0 Å². The third-order valence-electron chi connectivity index (χ3n) is 6.29. The highest BCUT2D eigenvalue weighted by molar-refractivity contribution is 5.89. The molecule has 1 amide bonds. The van der Waals surface area contributed by atoms with Gasteiger partial charge in [0.2, 0.25) is 5.91 Å². The predicted octanol–water partition coefficient (Wildman–Crippen LogP) is 1.82. The molecule has 3 saturated carbocycles. The number of carbonyl (C=O) groups is 1. The van der Waals surface area contributed by atoms with E-state index in [9.17, 15) is 4.79 Å². The van der Waals surface area contributed by atoms with Gasteiger partial charge in [-0.1, -0.05) is 20.3 Å². The zero-order valence-electron chi connectivity index (χ0n) is 12.9. The van der Waals surface area contributed by atoms with Crippen molar-refractivity contribution in [2.45, 2.75) is 70.6 Å². The van der Waals surface area contributed by atoms with Crippen LogP contribution in [0.15, 0.2) is 0 Å². The van der Waals surface area contributed by atoms with E-state index in [4.69, 9.17) is 10.5 Å². The Balaban J connectivity index is 1.63. The molecule has 5 atom stereocenters. The molecule has 0 heterocycles. The number of amides is 1. The monoisotopic (exact) mass is 280 g/mol. The molecule has 0 aromatic heterocycles. The average molecular weight is 280 g/mol. The van der Waals surface area contributed by atoms with Gasteiger partial charge in [0.25, 0.3) is 0 Å². The van der Waals surface area contributed by atoms with Crippen LogP contribution in [0.3, 0.4) is 0 Å². The summed E-state index contributed by atoms with van der Waals surface area (Å²) in [5.41, 5.74) is 5.37. The maximum Gasteiger partial charge on any atom is 0.241 e. The van der Waals surface area contributed by atoms with Gasteiger partial charge in [0.05, 0.1) is 6.10 Å². The van der Waals surface area contributed by atoms with Crippen LogP contribution in [0.2, 0.25) is 0 Å². The Kier molecular flexibility index (Phi) is 3.37. The number of carbonyl (C=O) groups excluding carboxylic acids is 1. The number of nitrogens with one attached hydrogen (secondary N) is 1. The largest absolute Gasteiger partial charge is 0.378 e. The molecular formula is C16H28N2O2. The van der Waals surface area contributed by atoms with Crippen molar-refractivity contribution >= 4 is 5.91 Å². The van der Waals surface area contributed by atoms with Gasteiger partial charge in [-0.15, -0.1) is 0 Å². The molecule has 0 saturated heterocycles. The van der Waals surface area contributed by atoms with Gasteiger partial charge >= 0.3 is 0 Å². The lowest BCUT2D eigenvalue weighted by Crippen LogP contribution is -2.76. The fourth-order valence-electron chi connectivity index (χ4n) is 4.54. The second-order valence-electron chi connectivity index (χ2n) is 7.60. The molecule has 0 aromatic rings. The molecule has 3 aliphatic rings. The van der Waals surface area contributed by atoms with Crippen LogP contribution in [0.5, 0.6) is 0 Å². The normalized spacial score (nSPS) is 45.2. The van der Waals surface area contributed by atoms with Crippen molar-refractivity contribution in [2.75, 3.05) is 6.61 Å². The molecule has 3 rings (SSSR count). The first-order valence-electron chi connectivity index (χ1n) is 8.10. The van der Waals surface area contributed by atoms with Crippen molar-refractivity contribution in [3.8, 4) is 0 Å². The lowest BCUT2D eigenvalue weighted by molar-refractivity contribution is -0.171. The Bertz CT molecular complexity index is 409. The van der Waals surface area contributed by atoms with Gasteiger partial charge in [-0.2, -0.15) is 0 Å². The minimum Gasteiger partial charge on any atom is -0.378 e. The maximum absolute atomic E-state index is 12.7. The Morgan fingerprint density at radius 2 is 2.10 bits per heavy atom. The number of nitrogens with two attached hydrogens (primary N) is 1. The molecule has 0 radical (unpaired) electrons. The third-order valence-corrected chi connectivity index (χ3v) is 6.29. The van der Waals surface area contributed by atoms with Gasteiger partial charge in [0.15, 0.2) is 0 Å². The molecule has 3 aliphatic carbocycles. The van der Waals surface area contributed by atoms with Crippen molar-refractivity contribution in [1.82, 2.24) is 5.32 Å². The maximum atomic E-state index is 12.7. The van der Waals surface area contributed by atoms with E-state index in [1.165, 1.54) is 19.3 Å². The molecule has 2 bridgehead atoms. The van der Waals surface area contributed by atoms with Crippen molar-refractivity contribution in [3.63, 3.8) is 0 Å². The summed E-state index contributed by atoms with van der Waals surface area (Å²) in [6.45, 7) is 6.77. The molecule has 114 valence electrons. The number of rotatable bonds is 4. The van der Waals surface area contributed by atoms with Crippen molar-refractivity contribution in [3.05, 3.63) is 0 Å². The van der Waals surface area contributed by atoms with Crippen LogP contribution in [0.25, 0.3) is 0 Å². The second-order valence-corrected chi connectivity index (χ2v) is 7.60. The minimum absolute atomic E-state index is 0.0380. The van der Waals surface area contributed by atoms with E-state index < -0.39 is 5.54 Å². The smallest absolute Gasteiger partial charge is 0.241 e. The third kappa shape index (κ3) is 1.92. The topological polar surface area (TPSA) is 64.3 Å². The standard InChI is InChI=1S/C16H28N2O2/c1-4-20-13-9-16(17,15(13,2)3)14(19)18-12-8-10-5-6-11(12)7-10/h10-13H,4-9,17H2,1-3H3,(H,18,19). The molecule has 0 aromatic carbocycles. The lowest BCUT2D eigenvalue weighted by atomic mass is 9.54. The Morgan fingerprint density at radius 3 is 2.60 bits per heavy atom. The number of ether oxygens (including phenoxy) is 1. The summed E-state index contributed by atoms with van der Waals surface area (Å²) >= 11 is 0. The van der Waals surface area contributed by atoms with Gasteiger partial charge < -0.3 is 15.8 Å². The molecule has 0 spiro atoms. The lowest BCUT2D eigenvalue weighted by Gasteiger charge is -2.57. The van der Waals surface area contributed by atoms with Gasteiger partial charge in [-0.3, -0.25) is 4.79 Å². The van der Waals surface area contributed by atoms with Gasteiger partial charge in [-0.25, -0.2) is 0 Å². The average Bonchev–Trinajstić information content (AvgIpc) is 3.00. The van der Waals surface area contributed by atoms with Crippen molar-refractivity contribution < 1.29 is 9.53 Å². The molecule has 4 nitrogen and oxygen atoms in total. The SMILES string of the molecule is CCOC1CC(N)(C(=O)NC2CC3CCC2C3)C1(C)C. The first-order chi connectivity index (χ1) is 9.38. The summed E-state index contributed by atoms with van der Waals surface area (Å²) < 4.78 is 5.70. The molecule has 3 N–H and O–H groups in total. The van der Waals surface area contributed by atoms with E-state index in [1.54, 1.807) is 0 Å². The summed E-state index contributed by atoms with van der Waals surface area (Å²) in [6, 6.07) is 0.364. The van der Waals surface area contributed by atoms with E-state index in [1.807, 2.05) is 6.92 Å². The summed E-state index contributed by atoms with van der Waals surface area (Å²) in [5.74, 6) is 1.57. The fourth-order valence-corrected chi connectivity index (χ4v) is 4.54. The summed E-state index contributed by atoms with van der Waals surface area (Å²) in [5, 5.41) is 3.25. The van der Waals surface area contributed by atoms with Gasteiger partial charge in [0.1, 0.15) is 5.54 Å². The van der Waals surface area contributed by atoms with Gasteiger partial charge in [-0.05, 0) is 38.0 Å². The highest BCUT2D eigenvalue weighted by atomic mass is 16.5. The van der Waals surface area contributed by atoms with Crippen LogP contribution in [0.4, 0.5) is 0 Å². The molecular weight excluding hydrogens is 252 g/mol. The second kappa shape index (κ2) is 4.70. The molecule has 20 heavy (non-hydrogen) atoms. The Hall–Kier alpha value is -0.610. The molecule has 3 fully saturated rings. The van der Waals surface area contributed by atoms with Crippen molar-refractivity contribution in [1.29, 1.82) is 0 Å². The molecule has 0 aliphatic heterocycles. The van der Waals surface area contributed by atoms with E-state index in [2.05, 4.69) is 19.2 Å². The minimum atomic E-state index is -0.769. The highest BCUT2D eigenvalue weighted by Gasteiger charge is 2.63. The zero-order chi connectivity index (χ0) is 14.5. The fraction of sp³-hybridized carbons (Fsp3) is 0.938. The first-order valence-corrected chi connectivity index (χ1v) is 8.10. The quantitative estimate of drug-likeness (QED) is 0.825. The zero-order valence-corrected chi connectivity index (χ0v) is 12.9. The van der Waals surface area contributed by atoms with Crippen molar-refractivity contribution in [2.24, 2.45) is 23.0 Å². The number of hydrogen-bond donors (Lipinski definition) is 2. The first kappa shape index (κ1) is 14.3. The van der Waals surface area contributed by atoms with Crippen LogP contribution in [0.1, 0.15) is 52.9 Å². The molecule has 5 unspecified atom stereocenters. The van der Waals surface area contributed by atoms with Crippen LogP contribution < -0.4 is 11.1 Å². The van der Waals surface area contributed by atoms with Gasteiger partial charge in [0, 0.05) is 24.5 Å². The highest BCUT2D eigenvalue weighted by Crippen LogP contribution is 2.50. The van der Waals surface area contributed by atoms with Crippen LogP contribution >= 0.6 is 0 Å². The van der Waals surface area contributed by atoms with Crippen LogP contribution in [-0.4, -0.2) is 30.2 Å². The summed E-state index contributed by atoms with van der Waals surface area (Å²) in [6.07, 6.45) is 5.82. The summed E-state index contributed by atoms with van der Waals surface area (Å²) in [7, 11) is 0. The Morgan fingerprint density at radius 1 is 1.35 bits per heavy atom. The number of fused-ring (bicyclic) bond motifs is 2. The molecule has 4 heteroatoms. The summed E-state index contributed by atoms with van der Waals surface area (Å²) in [4.78, 5) is 12.7. The van der Waals surface area contributed by atoms with E-state index in [0.717, 1.165) is 12.3 Å². The van der Waals surface area contributed by atoms with Crippen LogP contribution in [0, 0.1) is 17.3 Å².